The van der Waals surface area contributed by atoms with Crippen LogP contribution in [-0.2, 0) is 9.53 Å². The highest BCUT2D eigenvalue weighted by molar-refractivity contribution is 5.69. The molecule has 208 valence electrons. The van der Waals surface area contributed by atoms with Crippen LogP contribution in [0.2, 0.25) is 0 Å². The molecule has 0 aromatic heterocycles. The fraction of sp³-hybridized carbons (Fsp3) is 0.969. The minimum absolute atomic E-state index is 0.0230. The highest BCUT2D eigenvalue weighted by Gasteiger charge is 2.35. The Hall–Kier alpha value is -0.570. The van der Waals surface area contributed by atoms with Crippen molar-refractivity contribution in [2.75, 3.05) is 27.2 Å². The predicted molar refractivity (Wildman–Crippen MR) is 153 cm³/mol. The van der Waals surface area contributed by atoms with Gasteiger partial charge in [-0.25, -0.2) is 0 Å². The summed E-state index contributed by atoms with van der Waals surface area (Å²) in [7, 11) is 4.49. The molecule has 0 amide bonds. The zero-order chi connectivity index (χ0) is 25.6. The van der Waals surface area contributed by atoms with E-state index in [4.69, 9.17) is 4.74 Å². The third kappa shape index (κ3) is 20.2. The van der Waals surface area contributed by atoms with Crippen LogP contribution in [0, 0.1) is 17.8 Å². The van der Waals surface area contributed by atoms with E-state index in [-0.39, 0.29) is 5.97 Å². The first-order valence-electron chi connectivity index (χ1n) is 15.9. The molecular formula is C32H63NO2. The van der Waals surface area contributed by atoms with Crippen molar-refractivity contribution < 1.29 is 9.53 Å². The summed E-state index contributed by atoms with van der Waals surface area (Å²) >= 11 is 0. The Balaban J connectivity index is 1.92. The first-order valence-corrected chi connectivity index (χ1v) is 15.9. The molecule has 0 aromatic carbocycles. The van der Waals surface area contributed by atoms with E-state index in [1.165, 1.54) is 135 Å². The third-order valence-corrected chi connectivity index (χ3v) is 8.11. The Kier molecular flexibility index (Phi) is 21.0. The normalized spacial score (nSPS) is 18.2. The van der Waals surface area contributed by atoms with Crippen LogP contribution in [0.3, 0.4) is 0 Å². The van der Waals surface area contributed by atoms with E-state index in [0.29, 0.717) is 13.0 Å². The molecule has 1 rings (SSSR count). The smallest absolute Gasteiger partial charge is 0.305 e. The maximum Gasteiger partial charge on any atom is 0.305 e. The molecule has 0 aliphatic heterocycles. The lowest BCUT2D eigenvalue weighted by Crippen LogP contribution is -2.21. The van der Waals surface area contributed by atoms with Crippen LogP contribution in [-0.4, -0.2) is 38.1 Å². The van der Waals surface area contributed by atoms with Crippen LogP contribution in [0.15, 0.2) is 0 Å². The molecular weight excluding hydrogens is 430 g/mol. The number of carbonyl (C=O) groups excluding carboxylic acids is 1. The van der Waals surface area contributed by atoms with Gasteiger partial charge in [-0.05, 0) is 64.5 Å². The van der Waals surface area contributed by atoms with Crippen molar-refractivity contribution >= 4 is 5.97 Å². The average Bonchev–Trinajstić information content (AvgIpc) is 3.57. The molecule has 3 heteroatoms. The molecule has 0 radical (unpaired) electrons. The molecule has 0 heterocycles. The Labute approximate surface area is 220 Å². The van der Waals surface area contributed by atoms with Crippen molar-refractivity contribution in [1.29, 1.82) is 0 Å². The largest absolute Gasteiger partial charge is 0.466 e. The number of rotatable bonds is 26. The molecule has 1 fully saturated rings. The fourth-order valence-corrected chi connectivity index (χ4v) is 5.88. The van der Waals surface area contributed by atoms with Crippen molar-refractivity contribution in [3.63, 3.8) is 0 Å². The van der Waals surface area contributed by atoms with Crippen LogP contribution < -0.4 is 0 Å². The highest BCUT2D eigenvalue weighted by atomic mass is 16.5. The Morgan fingerprint density at radius 2 is 1.20 bits per heavy atom. The van der Waals surface area contributed by atoms with Crippen LogP contribution in [0.25, 0.3) is 0 Å². The van der Waals surface area contributed by atoms with Gasteiger partial charge in [-0.3, -0.25) is 4.79 Å². The molecule has 1 aliphatic carbocycles. The lowest BCUT2D eigenvalue weighted by Gasteiger charge is -2.21. The van der Waals surface area contributed by atoms with Gasteiger partial charge in [0.25, 0.3) is 0 Å². The van der Waals surface area contributed by atoms with Crippen LogP contribution in [0.4, 0.5) is 0 Å². The quantitative estimate of drug-likeness (QED) is 0.0887. The van der Waals surface area contributed by atoms with Gasteiger partial charge in [0.15, 0.2) is 0 Å². The van der Waals surface area contributed by atoms with Crippen molar-refractivity contribution in [3.05, 3.63) is 0 Å². The number of ether oxygens (including phenoxy) is 1. The second kappa shape index (κ2) is 22.6. The summed E-state index contributed by atoms with van der Waals surface area (Å²) in [6, 6.07) is 0. The van der Waals surface area contributed by atoms with Crippen LogP contribution >= 0.6 is 0 Å². The Bertz CT molecular complexity index is 478. The minimum atomic E-state index is -0.0230. The molecule has 0 N–H and O–H groups in total. The van der Waals surface area contributed by atoms with E-state index >= 15 is 0 Å². The van der Waals surface area contributed by atoms with Crippen molar-refractivity contribution in [1.82, 2.24) is 4.90 Å². The summed E-state index contributed by atoms with van der Waals surface area (Å²) in [5.41, 5.74) is 0. The van der Waals surface area contributed by atoms with Gasteiger partial charge in [0.1, 0.15) is 0 Å². The van der Waals surface area contributed by atoms with Gasteiger partial charge in [-0.15, -0.1) is 0 Å². The van der Waals surface area contributed by atoms with Gasteiger partial charge in [0, 0.05) is 13.0 Å². The first-order chi connectivity index (χ1) is 17.1. The van der Waals surface area contributed by atoms with Crippen LogP contribution in [0.1, 0.15) is 155 Å². The predicted octanol–water partition coefficient (Wildman–Crippen LogP) is 9.58. The van der Waals surface area contributed by atoms with E-state index in [0.717, 1.165) is 24.2 Å². The topological polar surface area (TPSA) is 29.5 Å². The molecule has 3 nitrogen and oxygen atoms in total. The molecule has 0 saturated heterocycles. The molecule has 1 aliphatic rings. The molecule has 1 saturated carbocycles. The van der Waals surface area contributed by atoms with E-state index in [1.54, 1.807) is 0 Å². The Morgan fingerprint density at radius 1 is 0.714 bits per heavy atom. The van der Waals surface area contributed by atoms with E-state index in [2.05, 4.69) is 25.9 Å². The minimum Gasteiger partial charge on any atom is -0.466 e. The molecule has 35 heavy (non-hydrogen) atoms. The van der Waals surface area contributed by atoms with Gasteiger partial charge >= 0.3 is 5.97 Å². The zero-order valence-electron chi connectivity index (χ0n) is 24.5. The monoisotopic (exact) mass is 493 g/mol. The van der Waals surface area contributed by atoms with E-state index < -0.39 is 0 Å². The summed E-state index contributed by atoms with van der Waals surface area (Å²) in [5.74, 6) is 2.99. The lowest BCUT2D eigenvalue weighted by molar-refractivity contribution is -0.143. The lowest BCUT2D eigenvalue weighted by atomic mass is 9.93. The second-order valence-corrected chi connectivity index (χ2v) is 11.9. The summed E-state index contributed by atoms with van der Waals surface area (Å²) in [6.45, 7) is 5.98. The standard InChI is InChI=1S/C32H63NO2/c1-5-7-8-9-10-12-17-22-29(28-33(3)4)23-18-15-16-20-25-31-27-30(31)24-19-13-11-14-21-26-32(34)35-6-2/h29-31H,5-28H2,1-4H3. The molecule has 0 spiro atoms. The number of carbonyl (C=O) groups is 1. The molecule has 3 atom stereocenters. The number of hydrogen-bond acceptors (Lipinski definition) is 3. The molecule has 3 unspecified atom stereocenters. The van der Waals surface area contributed by atoms with Gasteiger partial charge in [0.2, 0.25) is 0 Å². The van der Waals surface area contributed by atoms with Crippen LogP contribution in [0.5, 0.6) is 0 Å². The number of esters is 1. The van der Waals surface area contributed by atoms with E-state index in [1.807, 2.05) is 6.92 Å². The maximum atomic E-state index is 11.3. The second-order valence-electron chi connectivity index (χ2n) is 11.9. The van der Waals surface area contributed by atoms with Crippen molar-refractivity contribution in [3.8, 4) is 0 Å². The summed E-state index contributed by atoms with van der Waals surface area (Å²) < 4.78 is 4.99. The summed E-state index contributed by atoms with van der Waals surface area (Å²) in [4.78, 5) is 13.7. The van der Waals surface area contributed by atoms with Gasteiger partial charge < -0.3 is 9.64 Å². The van der Waals surface area contributed by atoms with Gasteiger partial charge in [-0.2, -0.15) is 0 Å². The van der Waals surface area contributed by atoms with E-state index in [9.17, 15) is 4.79 Å². The van der Waals surface area contributed by atoms with Crippen molar-refractivity contribution in [2.24, 2.45) is 17.8 Å². The number of hydrogen-bond donors (Lipinski definition) is 0. The zero-order valence-corrected chi connectivity index (χ0v) is 24.5. The Morgan fingerprint density at radius 3 is 1.71 bits per heavy atom. The third-order valence-electron chi connectivity index (χ3n) is 8.11. The summed E-state index contributed by atoms with van der Waals surface area (Å²) in [6.07, 6.45) is 30.0. The number of unbranched alkanes of at least 4 members (excludes halogenated alkanes) is 13. The fourth-order valence-electron chi connectivity index (χ4n) is 5.88. The maximum absolute atomic E-state index is 11.3. The molecule has 0 aromatic rings. The highest BCUT2D eigenvalue weighted by Crippen LogP contribution is 2.45. The summed E-state index contributed by atoms with van der Waals surface area (Å²) in [5, 5.41) is 0. The van der Waals surface area contributed by atoms with Crippen molar-refractivity contribution in [2.45, 2.75) is 155 Å². The number of nitrogens with zero attached hydrogens (tertiary/aromatic N) is 1. The molecule has 0 bridgehead atoms. The average molecular weight is 494 g/mol. The van der Waals surface area contributed by atoms with Gasteiger partial charge in [-0.1, -0.05) is 116 Å². The SMILES string of the molecule is CCCCCCCCCC(CCCCCCC1CC1CCCCCCCC(=O)OCC)CN(C)C. The van der Waals surface area contributed by atoms with Gasteiger partial charge in [0.05, 0.1) is 6.61 Å². The first kappa shape index (κ1) is 32.5.